The molecule has 2 aromatic heterocycles. The van der Waals surface area contributed by atoms with Crippen LogP contribution >= 0.6 is 11.3 Å². The van der Waals surface area contributed by atoms with Gasteiger partial charge in [0, 0.05) is 22.3 Å². The molecule has 7 nitrogen and oxygen atoms in total. The summed E-state index contributed by atoms with van der Waals surface area (Å²) in [6.07, 6.45) is 1.75. The Morgan fingerprint density at radius 3 is 2.58 bits per heavy atom. The SMILES string of the molecule is Cc1cc(C)c(NC(=O)CN2C(=O)COc3ccc(-c4nc(-c5ccccn5)sc4C)cc32)c(C)c1. The fourth-order valence-corrected chi connectivity index (χ4v) is 5.40. The van der Waals surface area contributed by atoms with E-state index in [1.807, 2.05) is 76.2 Å². The standard InChI is InChI=1S/C28H26N4O3S/c1-16-11-17(2)26(18(3)12-16)30-24(33)14-32-22-13-20(8-9-23(22)35-15-25(32)34)27-19(4)36-28(31-27)21-7-5-6-10-29-21/h5-13H,14-15H2,1-4H3,(H,30,33). The number of carbonyl (C=O) groups excluding carboxylic acids is 2. The molecule has 2 aromatic carbocycles. The maximum atomic E-state index is 13.0. The Morgan fingerprint density at radius 1 is 1.08 bits per heavy atom. The van der Waals surface area contributed by atoms with Crippen molar-refractivity contribution in [2.24, 2.45) is 0 Å². The van der Waals surface area contributed by atoms with Gasteiger partial charge in [-0.2, -0.15) is 0 Å². The molecule has 0 fully saturated rings. The second-order valence-electron chi connectivity index (χ2n) is 8.91. The molecule has 0 spiro atoms. The number of hydrogen-bond donors (Lipinski definition) is 1. The highest BCUT2D eigenvalue weighted by Gasteiger charge is 2.28. The minimum Gasteiger partial charge on any atom is -0.482 e. The van der Waals surface area contributed by atoms with Gasteiger partial charge >= 0.3 is 0 Å². The zero-order valence-corrected chi connectivity index (χ0v) is 21.4. The van der Waals surface area contributed by atoms with Crippen molar-refractivity contribution in [2.45, 2.75) is 27.7 Å². The number of rotatable bonds is 5. The summed E-state index contributed by atoms with van der Waals surface area (Å²) in [6, 6.07) is 15.4. The van der Waals surface area contributed by atoms with Crippen LogP contribution in [0.5, 0.6) is 5.75 Å². The van der Waals surface area contributed by atoms with Crippen molar-refractivity contribution in [1.82, 2.24) is 9.97 Å². The fraction of sp³-hybridized carbons (Fsp3) is 0.214. The smallest absolute Gasteiger partial charge is 0.265 e. The first-order valence-corrected chi connectivity index (χ1v) is 12.5. The highest BCUT2D eigenvalue weighted by molar-refractivity contribution is 7.15. The van der Waals surface area contributed by atoms with E-state index in [1.54, 1.807) is 17.5 Å². The van der Waals surface area contributed by atoms with Crippen molar-refractivity contribution >= 4 is 34.5 Å². The lowest BCUT2D eigenvalue weighted by Gasteiger charge is -2.29. The van der Waals surface area contributed by atoms with E-state index in [9.17, 15) is 9.59 Å². The third-order valence-electron chi connectivity index (χ3n) is 6.10. The fourth-order valence-electron chi connectivity index (χ4n) is 4.49. The van der Waals surface area contributed by atoms with Crippen LogP contribution in [0.3, 0.4) is 0 Å². The molecule has 1 aliphatic rings. The highest BCUT2D eigenvalue weighted by Crippen LogP contribution is 2.39. The van der Waals surface area contributed by atoms with Gasteiger partial charge < -0.3 is 10.1 Å². The molecule has 2 amide bonds. The maximum absolute atomic E-state index is 13.0. The van der Waals surface area contributed by atoms with E-state index >= 15 is 0 Å². The van der Waals surface area contributed by atoms with Crippen LogP contribution in [0.25, 0.3) is 22.0 Å². The number of carbonyl (C=O) groups is 2. The van der Waals surface area contributed by atoms with Gasteiger partial charge in [-0.05, 0) is 69.2 Å². The van der Waals surface area contributed by atoms with Crippen molar-refractivity contribution in [3.8, 4) is 27.7 Å². The molecule has 182 valence electrons. The molecule has 0 saturated carbocycles. The van der Waals surface area contributed by atoms with E-state index < -0.39 is 0 Å². The van der Waals surface area contributed by atoms with E-state index in [0.29, 0.717) is 11.4 Å². The Balaban J connectivity index is 1.44. The number of anilines is 2. The number of nitrogens with zero attached hydrogens (tertiary/aromatic N) is 3. The summed E-state index contributed by atoms with van der Waals surface area (Å²) >= 11 is 1.57. The molecule has 1 N–H and O–H groups in total. The molecule has 0 radical (unpaired) electrons. The number of benzene rings is 2. The van der Waals surface area contributed by atoms with Crippen LogP contribution in [0.2, 0.25) is 0 Å². The largest absolute Gasteiger partial charge is 0.482 e. The zero-order chi connectivity index (χ0) is 25.4. The molecular weight excluding hydrogens is 472 g/mol. The van der Waals surface area contributed by atoms with Gasteiger partial charge in [-0.15, -0.1) is 11.3 Å². The molecule has 8 heteroatoms. The first-order chi connectivity index (χ1) is 17.3. The number of hydrogen-bond acceptors (Lipinski definition) is 6. The van der Waals surface area contributed by atoms with Crippen LogP contribution in [-0.2, 0) is 9.59 Å². The summed E-state index contributed by atoms with van der Waals surface area (Å²) in [5, 5.41) is 3.82. The molecule has 3 heterocycles. The van der Waals surface area contributed by atoms with Gasteiger partial charge in [0.05, 0.1) is 17.1 Å². The number of fused-ring (bicyclic) bond motifs is 1. The summed E-state index contributed by atoms with van der Waals surface area (Å²) in [4.78, 5) is 37.6. The van der Waals surface area contributed by atoms with Gasteiger partial charge in [-0.25, -0.2) is 4.98 Å². The number of pyridine rings is 1. The van der Waals surface area contributed by atoms with Crippen molar-refractivity contribution in [3.63, 3.8) is 0 Å². The summed E-state index contributed by atoms with van der Waals surface area (Å²) in [5.41, 5.74) is 6.92. The molecule has 4 aromatic rings. The van der Waals surface area contributed by atoms with Crippen LogP contribution in [0, 0.1) is 27.7 Å². The van der Waals surface area contributed by atoms with E-state index in [0.717, 1.165) is 49.2 Å². The molecular formula is C28H26N4O3S. The minimum atomic E-state index is -0.267. The summed E-state index contributed by atoms with van der Waals surface area (Å²) < 4.78 is 5.66. The molecule has 1 aliphatic heterocycles. The van der Waals surface area contributed by atoms with Crippen molar-refractivity contribution in [1.29, 1.82) is 0 Å². The topological polar surface area (TPSA) is 84.4 Å². The predicted octanol–water partition coefficient (Wildman–Crippen LogP) is 5.47. The quantitative estimate of drug-likeness (QED) is 0.394. The number of aryl methyl sites for hydroxylation is 4. The van der Waals surface area contributed by atoms with E-state index in [2.05, 4.69) is 10.3 Å². The lowest BCUT2D eigenvalue weighted by atomic mass is 10.0. The Kier molecular flexibility index (Phi) is 6.28. The summed E-state index contributed by atoms with van der Waals surface area (Å²) in [5.74, 6) is 0.0296. The lowest BCUT2D eigenvalue weighted by molar-refractivity contribution is -0.123. The number of amides is 2. The molecule has 0 saturated heterocycles. The van der Waals surface area contributed by atoms with E-state index in [1.165, 1.54) is 4.90 Å². The summed E-state index contributed by atoms with van der Waals surface area (Å²) in [7, 11) is 0. The molecule has 0 atom stereocenters. The highest BCUT2D eigenvalue weighted by atomic mass is 32.1. The van der Waals surface area contributed by atoms with Crippen LogP contribution in [0.1, 0.15) is 21.6 Å². The average Bonchev–Trinajstić information content (AvgIpc) is 3.25. The van der Waals surface area contributed by atoms with Gasteiger partial charge in [0.2, 0.25) is 5.91 Å². The van der Waals surface area contributed by atoms with Crippen LogP contribution < -0.4 is 15.0 Å². The lowest BCUT2D eigenvalue weighted by Crippen LogP contribution is -2.43. The molecule has 0 aliphatic carbocycles. The van der Waals surface area contributed by atoms with Crippen molar-refractivity contribution in [2.75, 3.05) is 23.4 Å². The molecule has 5 rings (SSSR count). The van der Waals surface area contributed by atoms with Gasteiger partial charge in [0.15, 0.2) is 6.61 Å². The monoisotopic (exact) mass is 498 g/mol. The van der Waals surface area contributed by atoms with Crippen LogP contribution in [0.4, 0.5) is 11.4 Å². The normalized spacial score (nSPS) is 12.8. The van der Waals surface area contributed by atoms with Gasteiger partial charge in [0.25, 0.3) is 5.91 Å². The third kappa shape index (κ3) is 4.59. The third-order valence-corrected chi connectivity index (χ3v) is 7.09. The maximum Gasteiger partial charge on any atom is 0.265 e. The summed E-state index contributed by atoms with van der Waals surface area (Å²) in [6.45, 7) is 7.75. The zero-order valence-electron chi connectivity index (χ0n) is 20.6. The van der Waals surface area contributed by atoms with E-state index in [4.69, 9.17) is 9.72 Å². The first kappa shape index (κ1) is 23.7. The van der Waals surface area contributed by atoms with Gasteiger partial charge in [-0.3, -0.25) is 19.5 Å². The minimum absolute atomic E-state index is 0.109. The van der Waals surface area contributed by atoms with E-state index in [-0.39, 0.29) is 25.0 Å². The number of nitrogens with one attached hydrogen (secondary N) is 1. The first-order valence-electron chi connectivity index (χ1n) is 11.6. The second-order valence-corrected chi connectivity index (χ2v) is 10.1. The molecule has 36 heavy (non-hydrogen) atoms. The van der Waals surface area contributed by atoms with Gasteiger partial charge in [-0.1, -0.05) is 23.8 Å². The Hall–Kier alpha value is -4.04. The number of ether oxygens (including phenoxy) is 1. The number of aromatic nitrogens is 2. The Labute approximate surface area is 213 Å². The molecule has 0 unspecified atom stereocenters. The van der Waals surface area contributed by atoms with Crippen LogP contribution in [0.15, 0.2) is 54.7 Å². The predicted molar refractivity (Wildman–Crippen MR) is 143 cm³/mol. The Bertz CT molecular complexity index is 1460. The van der Waals surface area contributed by atoms with Crippen molar-refractivity contribution in [3.05, 3.63) is 76.3 Å². The second kappa shape index (κ2) is 9.54. The molecule has 0 bridgehead atoms. The average molecular weight is 499 g/mol. The number of thiazole rings is 1. The Morgan fingerprint density at radius 2 is 1.86 bits per heavy atom. The van der Waals surface area contributed by atoms with Gasteiger partial charge in [0.1, 0.15) is 17.3 Å². The van der Waals surface area contributed by atoms with Crippen molar-refractivity contribution < 1.29 is 14.3 Å². The van der Waals surface area contributed by atoms with Crippen LogP contribution in [-0.4, -0.2) is 34.9 Å².